The summed E-state index contributed by atoms with van der Waals surface area (Å²) in [4.78, 5) is 0. The van der Waals surface area contributed by atoms with E-state index in [9.17, 15) is 0 Å². The number of thioether (sulfide) groups is 1. The predicted molar refractivity (Wildman–Crippen MR) is 48.6 cm³/mol. The second-order valence-electron chi connectivity index (χ2n) is 3.05. The quantitative estimate of drug-likeness (QED) is 0.680. The average Bonchev–Trinajstić information content (AvgIpc) is 2.34. The average molecular weight is 170 g/mol. The normalized spacial score (nSPS) is 37.0. The maximum atomic E-state index is 8.94. The molecule has 2 unspecified atom stereocenters. The zero-order chi connectivity index (χ0) is 8.32. The molecule has 2 nitrogen and oxygen atoms in total. The lowest BCUT2D eigenvalue weighted by Gasteiger charge is -2.20. The van der Waals surface area contributed by atoms with Crippen LogP contribution in [0.1, 0.15) is 20.3 Å². The van der Waals surface area contributed by atoms with E-state index in [4.69, 9.17) is 5.26 Å². The van der Waals surface area contributed by atoms with Crippen LogP contribution < -0.4 is 5.32 Å². The molecule has 1 rings (SSSR count). The molecule has 3 heteroatoms. The van der Waals surface area contributed by atoms with Crippen LogP contribution in [0, 0.1) is 11.3 Å². The summed E-state index contributed by atoms with van der Waals surface area (Å²) in [5.41, 5.74) is -0.223. The monoisotopic (exact) mass is 170 g/mol. The third kappa shape index (κ3) is 1.88. The van der Waals surface area contributed by atoms with Crippen molar-refractivity contribution in [1.29, 1.82) is 5.26 Å². The van der Waals surface area contributed by atoms with Gasteiger partial charge in [-0.2, -0.15) is 17.0 Å². The Morgan fingerprint density at radius 2 is 2.55 bits per heavy atom. The second-order valence-corrected chi connectivity index (χ2v) is 4.48. The highest BCUT2D eigenvalue weighted by Crippen LogP contribution is 2.33. The Labute approximate surface area is 72.4 Å². The van der Waals surface area contributed by atoms with Crippen molar-refractivity contribution >= 4 is 11.8 Å². The maximum Gasteiger partial charge on any atom is 0.116 e. The van der Waals surface area contributed by atoms with Gasteiger partial charge in [-0.15, -0.1) is 0 Å². The molecule has 1 N–H and O–H groups in total. The van der Waals surface area contributed by atoms with Crippen LogP contribution in [0.5, 0.6) is 0 Å². The van der Waals surface area contributed by atoms with Crippen LogP contribution in [0.4, 0.5) is 0 Å². The van der Waals surface area contributed by atoms with E-state index in [1.54, 1.807) is 0 Å². The fourth-order valence-electron chi connectivity index (χ4n) is 1.47. The first-order valence-corrected chi connectivity index (χ1v) is 5.05. The van der Waals surface area contributed by atoms with Crippen molar-refractivity contribution in [2.24, 2.45) is 0 Å². The Bertz CT molecular complexity index is 171. The number of hydrogen-bond acceptors (Lipinski definition) is 3. The highest BCUT2D eigenvalue weighted by Gasteiger charge is 2.37. The van der Waals surface area contributed by atoms with E-state index in [1.807, 2.05) is 18.7 Å². The Morgan fingerprint density at radius 1 is 1.82 bits per heavy atom. The summed E-state index contributed by atoms with van der Waals surface area (Å²) >= 11 is 1.88. The minimum atomic E-state index is -0.223. The summed E-state index contributed by atoms with van der Waals surface area (Å²) in [6, 6.07) is 2.38. The lowest BCUT2D eigenvalue weighted by Crippen LogP contribution is -2.44. The Kier molecular flexibility index (Phi) is 2.80. The number of nitrogens with one attached hydrogen (secondary N) is 1. The van der Waals surface area contributed by atoms with Gasteiger partial charge in [-0.05, 0) is 13.0 Å². The van der Waals surface area contributed by atoms with Gasteiger partial charge in [-0.1, -0.05) is 13.8 Å². The van der Waals surface area contributed by atoms with Crippen LogP contribution in [-0.4, -0.2) is 23.1 Å². The molecule has 2 atom stereocenters. The maximum absolute atomic E-state index is 8.94. The lowest BCUT2D eigenvalue weighted by molar-refractivity contribution is 0.455. The van der Waals surface area contributed by atoms with E-state index in [1.165, 1.54) is 0 Å². The lowest BCUT2D eigenvalue weighted by atomic mass is 9.98. The van der Waals surface area contributed by atoms with Crippen LogP contribution in [-0.2, 0) is 0 Å². The first-order chi connectivity index (χ1) is 5.22. The molecule has 1 aliphatic rings. The molecular weight excluding hydrogens is 156 g/mol. The number of rotatable bonds is 2. The van der Waals surface area contributed by atoms with Crippen molar-refractivity contribution in [3.8, 4) is 6.07 Å². The van der Waals surface area contributed by atoms with E-state index in [0.29, 0.717) is 5.25 Å². The highest BCUT2D eigenvalue weighted by atomic mass is 32.2. The minimum Gasteiger partial charge on any atom is -0.299 e. The largest absolute Gasteiger partial charge is 0.299 e. The Hall–Kier alpha value is -0.200. The molecular formula is C8H14N2S. The molecule has 0 spiro atoms. The van der Waals surface area contributed by atoms with E-state index in [0.717, 1.165) is 18.7 Å². The van der Waals surface area contributed by atoms with Gasteiger partial charge >= 0.3 is 0 Å². The molecule has 0 aliphatic carbocycles. The molecule has 11 heavy (non-hydrogen) atoms. The molecule has 1 heterocycles. The third-order valence-corrected chi connectivity index (χ3v) is 3.37. The number of hydrogen-bond donors (Lipinski definition) is 1. The van der Waals surface area contributed by atoms with Gasteiger partial charge in [0.05, 0.1) is 6.07 Å². The molecule has 0 amide bonds. The highest BCUT2D eigenvalue weighted by molar-refractivity contribution is 8.00. The minimum absolute atomic E-state index is 0.223. The molecule has 1 fully saturated rings. The van der Waals surface area contributed by atoms with Crippen molar-refractivity contribution in [3.05, 3.63) is 0 Å². The number of nitrogens with zero attached hydrogens (tertiary/aromatic N) is 1. The van der Waals surface area contributed by atoms with Crippen LogP contribution in [0.3, 0.4) is 0 Å². The van der Waals surface area contributed by atoms with E-state index < -0.39 is 0 Å². The first-order valence-electron chi connectivity index (χ1n) is 4.00. The SMILES string of the molecule is CCNC1(C#N)CSC(C)C1. The smallest absolute Gasteiger partial charge is 0.116 e. The first kappa shape index (κ1) is 8.89. The second kappa shape index (κ2) is 3.46. The van der Waals surface area contributed by atoms with Gasteiger partial charge in [-0.25, -0.2) is 0 Å². The van der Waals surface area contributed by atoms with Gasteiger partial charge in [0.1, 0.15) is 5.54 Å². The molecule has 0 radical (unpaired) electrons. The van der Waals surface area contributed by atoms with Crippen LogP contribution in [0.2, 0.25) is 0 Å². The van der Waals surface area contributed by atoms with Gasteiger partial charge in [0.15, 0.2) is 0 Å². The van der Waals surface area contributed by atoms with Gasteiger partial charge in [0.25, 0.3) is 0 Å². The Balaban J connectivity index is 2.57. The van der Waals surface area contributed by atoms with Crippen molar-refractivity contribution in [1.82, 2.24) is 5.32 Å². The summed E-state index contributed by atoms with van der Waals surface area (Å²) in [6.45, 7) is 5.12. The Morgan fingerprint density at radius 3 is 2.91 bits per heavy atom. The summed E-state index contributed by atoms with van der Waals surface area (Å²) < 4.78 is 0. The summed E-state index contributed by atoms with van der Waals surface area (Å²) in [6.07, 6.45) is 0.988. The van der Waals surface area contributed by atoms with Crippen molar-refractivity contribution in [2.45, 2.75) is 31.1 Å². The molecule has 0 bridgehead atoms. The fourth-order valence-corrected chi connectivity index (χ4v) is 2.73. The third-order valence-electron chi connectivity index (χ3n) is 1.98. The van der Waals surface area contributed by atoms with Crippen molar-refractivity contribution < 1.29 is 0 Å². The van der Waals surface area contributed by atoms with Crippen LogP contribution in [0.15, 0.2) is 0 Å². The zero-order valence-electron chi connectivity index (χ0n) is 7.05. The van der Waals surface area contributed by atoms with Gasteiger partial charge in [-0.3, -0.25) is 5.32 Å². The predicted octanol–water partition coefficient (Wildman–Crippen LogP) is 1.38. The van der Waals surface area contributed by atoms with Crippen LogP contribution in [0.25, 0.3) is 0 Å². The molecule has 0 aromatic heterocycles. The van der Waals surface area contributed by atoms with Gasteiger partial charge < -0.3 is 0 Å². The van der Waals surface area contributed by atoms with Gasteiger partial charge in [0, 0.05) is 11.0 Å². The van der Waals surface area contributed by atoms with E-state index in [2.05, 4.69) is 18.3 Å². The zero-order valence-corrected chi connectivity index (χ0v) is 7.87. The van der Waals surface area contributed by atoms with E-state index >= 15 is 0 Å². The molecule has 0 aromatic rings. The fraction of sp³-hybridized carbons (Fsp3) is 0.875. The van der Waals surface area contributed by atoms with Gasteiger partial charge in [0.2, 0.25) is 0 Å². The topological polar surface area (TPSA) is 35.8 Å². The summed E-state index contributed by atoms with van der Waals surface area (Å²) in [5, 5.41) is 12.8. The molecule has 0 aromatic carbocycles. The van der Waals surface area contributed by atoms with E-state index in [-0.39, 0.29) is 5.54 Å². The molecule has 62 valence electrons. The summed E-state index contributed by atoms with van der Waals surface area (Å²) in [7, 11) is 0. The molecule has 1 saturated heterocycles. The number of nitriles is 1. The molecule has 1 aliphatic heterocycles. The van der Waals surface area contributed by atoms with Crippen molar-refractivity contribution in [2.75, 3.05) is 12.3 Å². The van der Waals surface area contributed by atoms with Crippen molar-refractivity contribution in [3.63, 3.8) is 0 Å². The summed E-state index contributed by atoms with van der Waals surface area (Å²) in [5.74, 6) is 0.943. The standard InChI is InChI=1S/C8H14N2S/c1-3-10-8(5-9)4-7(2)11-6-8/h7,10H,3-4,6H2,1-2H3. The molecule has 0 saturated carbocycles. The van der Waals surface area contributed by atoms with Crippen LogP contribution >= 0.6 is 11.8 Å².